The second kappa shape index (κ2) is 9.54. The number of hydrogen-bond donors (Lipinski definition) is 0. The number of hydrogen-bond acceptors (Lipinski definition) is 7. The van der Waals surface area contributed by atoms with Gasteiger partial charge in [-0.25, -0.2) is 17.7 Å². The molecule has 0 atom stereocenters. The molecule has 1 aromatic carbocycles. The maximum absolute atomic E-state index is 13.5. The number of anilines is 1. The van der Waals surface area contributed by atoms with Gasteiger partial charge in [-0.2, -0.15) is 0 Å². The number of aryl methyl sites for hydroxylation is 3. The molecule has 0 aliphatic carbocycles. The molecule has 180 valence electrons. The summed E-state index contributed by atoms with van der Waals surface area (Å²) in [6.07, 6.45) is 3.53. The molecule has 0 fully saturated rings. The highest BCUT2D eigenvalue weighted by atomic mass is 32.2. The largest absolute Gasteiger partial charge is 0.407 e. The molecular weight excluding hydrogens is 452 g/mol. The van der Waals surface area contributed by atoms with E-state index in [0.717, 1.165) is 28.1 Å². The van der Waals surface area contributed by atoms with Gasteiger partial charge in [0.15, 0.2) is 0 Å². The van der Waals surface area contributed by atoms with Crippen molar-refractivity contribution >= 4 is 27.1 Å². The van der Waals surface area contributed by atoms with Crippen molar-refractivity contribution < 1.29 is 12.8 Å². The van der Waals surface area contributed by atoms with Crippen LogP contribution in [0.2, 0.25) is 0 Å². The van der Waals surface area contributed by atoms with Gasteiger partial charge in [-0.15, -0.1) is 5.10 Å². The summed E-state index contributed by atoms with van der Waals surface area (Å²) in [6, 6.07) is 8.82. The summed E-state index contributed by atoms with van der Waals surface area (Å²) in [5, 5.41) is 7.93. The molecule has 3 heterocycles. The van der Waals surface area contributed by atoms with Gasteiger partial charge in [0.1, 0.15) is 11.3 Å². The van der Waals surface area contributed by atoms with Crippen molar-refractivity contribution in [3.05, 3.63) is 59.5 Å². The Balaban J connectivity index is 1.62. The van der Waals surface area contributed by atoms with Gasteiger partial charge in [0, 0.05) is 32.6 Å². The number of aromatic nitrogens is 5. The van der Waals surface area contributed by atoms with E-state index >= 15 is 0 Å². The van der Waals surface area contributed by atoms with Gasteiger partial charge >= 0.3 is 6.01 Å². The average Bonchev–Trinajstić information content (AvgIpc) is 3.39. The first-order valence-electron chi connectivity index (χ1n) is 11.4. The Morgan fingerprint density at radius 3 is 2.50 bits per heavy atom. The molecule has 0 radical (unpaired) electrons. The third-order valence-corrected chi connectivity index (χ3v) is 7.65. The summed E-state index contributed by atoms with van der Waals surface area (Å²) >= 11 is 0. The standard InChI is InChI=1S/C24H30N6O3S/c1-6-22-27-28-24(33-22)30(14-12-16(2)3)34(31,32)19-9-7-18(8-10-19)15-20-23-21(11-13-25-20)29(5)17(4)26-23/h7-11,13,16H,6,12,14-15H2,1-5H3. The fraction of sp³-hybridized carbons (Fsp3) is 0.417. The Morgan fingerprint density at radius 1 is 1.12 bits per heavy atom. The molecule has 3 aromatic heterocycles. The fourth-order valence-electron chi connectivity index (χ4n) is 3.70. The van der Waals surface area contributed by atoms with Crippen LogP contribution >= 0.6 is 0 Å². The zero-order valence-corrected chi connectivity index (χ0v) is 21.0. The fourth-order valence-corrected chi connectivity index (χ4v) is 5.06. The van der Waals surface area contributed by atoms with Crippen molar-refractivity contribution in [2.45, 2.75) is 51.9 Å². The van der Waals surface area contributed by atoms with Crippen molar-refractivity contribution in [1.29, 1.82) is 0 Å². The summed E-state index contributed by atoms with van der Waals surface area (Å²) in [4.78, 5) is 9.33. The molecule has 0 unspecified atom stereocenters. The van der Waals surface area contributed by atoms with Gasteiger partial charge in [0.2, 0.25) is 5.89 Å². The molecule has 34 heavy (non-hydrogen) atoms. The molecule has 0 amide bonds. The van der Waals surface area contributed by atoms with Crippen LogP contribution in [0, 0.1) is 12.8 Å². The predicted molar refractivity (Wildman–Crippen MR) is 130 cm³/mol. The summed E-state index contributed by atoms with van der Waals surface area (Å²) in [5.74, 6) is 1.64. The Labute approximate surface area is 199 Å². The van der Waals surface area contributed by atoms with Crippen molar-refractivity contribution in [3.8, 4) is 0 Å². The molecule has 0 spiro atoms. The average molecular weight is 483 g/mol. The monoisotopic (exact) mass is 482 g/mol. The zero-order valence-electron chi connectivity index (χ0n) is 20.2. The third kappa shape index (κ3) is 4.68. The number of fused-ring (bicyclic) bond motifs is 1. The number of imidazole rings is 1. The molecule has 0 saturated carbocycles. The van der Waals surface area contributed by atoms with Crippen LogP contribution in [0.5, 0.6) is 0 Å². The van der Waals surface area contributed by atoms with Gasteiger partial charge in [-0.3, -0.25) is 4.98 Å². The van der Waals surface area contributed by atoms with Crippen LogP contribution in [0.15, 0.2) is 45.8 Å². The minimum Gasteiger partial charge on any atom is -0.407 e. The molecule has 0 bridgehead atoms. The Kier molecular flexibility index (Phi) is 6.70. The lowest BCUT2D eigenvalue weighted by atomic mass is 10.1. The SMILES string of the molecule is CCc1nnc(N(CCC(C)C)S(=O)(=O)c2ccc(Cc3nccc4c3nc(C)n4C)cc2)o1. The minimum atomic E-state index is -3.87. The van der Waals surface area contributed by atoms with E-state index in [4.69, 9.17) is 4.42 Å². The summed E-state index contributed by atoms with van der Waals surface area (Å²) in [7, 11) is -1.89. The number of sulfonamides is 1. The molecule has 4 aromatic rings. The van der Waals surface area contributed by atoms with E-state index in [1.807, 2.05) is 57.5 Å². The van der Waals surface area contributed by atoms with Crippen LogP contribution in [0.1, 0.15) is 50.2 Å². The van der Waals surface area contributed by atoms with Gasteiger partial charge in [-0.1, -0.05) is 38.0 Å². The highest BCUT2D eigenvalue weighted by molar-refractivity contribution is 7.92. The summed E-state index contributed by atoms with van der Waals surface area (Å²) in [6.45, 7) is 8.19. The Hall–Kier alpha value is -3.27. The van der Waals surface area contributed by atoms with Crippen LogP contribution < -0.4 is 4.31 Å². The normalized spacial score (nSPS) is 12.1. The lowest BCUT2D eigenvalue weighted by Crippen LogP contribution is -2.33. The van der Waals surface area contributed by atoms with Gasteiger partial charge in [0.25, 0.3) is 10.0 Å². The Bertz CT molecular complexity index is 1390. The molecule has 4 rings (SSSR count). The molecular formula is C24H30N6O3S. The van der Waals surface area contributed by atoms with E-state index in [1.165, 1.54) is 4.31 Å². The molecule has 0 aliphatic rings. The molecule has 0 aliphatic heterocycles. The van der Waals surface area contributed by atoms with E-state index in [0.29, 0.717) is 31.1 Å². The van der Waals surface area contributed by atoms with E-state index in [-0.39, 0.29) is 17.5 Å². The number of nitrogens with zero attached hydrogens (tertiary/aromatic N) is 6. The Morgan fingerprint density at radius 2 is 1.85 bits per heavy atom. The van der Waals surface area contributed by atoms with Crippen LogP contribution in [-0.2, 0) is 29.9 Å². The lowest BCUT2D eigenvalue weighted by molar-refractivity contribution is 0.490. The number of rotatable bonds is 9. The van der Waals surface area contributed by atoms with E-state index in [9.17, 15) is 8.42 Å². The van der Waals surface area contributed by atoms with Crippen LogP contribution in [0.25, 0.3) is 11.0 Å². The maximum atomic E-state index is 13.5. The first-order valence-corrected chi connectivity index (χ1v) is 12.9. The lowest BCUT2D eigenvalue weighted by Gasteiger charge is -2.21. The third-order valence-electron chi connectivity index (χ3n) is 5.86. The van der Waals surface area contributed by atoms with E-state index in [2.05, 4.69) is 20.2 Å². The molecule has 10 heteroatoms. The second-order valence-corrected chi connectivity index (χ2v) is 10.6. The second-order valence-electron chi connectivity index (χ2n) is 8.76. The molecule has 9 nitrogen and oxygen atoms in total. The number of benzene rings is 1. The van der Waals surface area contributed by atoms with E-state index < -0.39 is 10.0 Å². The topological polar surface area (TPSA) is 107 Å². The van der Waals surface area contributed by atoms with Crippen molar-refractivity contribution in [2.75, 3.05) is 10.8 Å². The highest BCUT2D eigenvalue weighted by Crippen LogP contribution is 2.25. The van der Waals surface area contributed by atoms with Crippen molar-refractivity contribution in [1.82, 2.24) is 24.7 Å². The molecule has 0 saturated heterocycles. The van der Waals surface area contributed by atoms with Gasteiger partial charge in [-0.05, 0) is 43.0 Å². The van der Waals surface area contributed by atoms with Crippen molar-refractivity contribution in [3.63, 3.8) is 0 Å². The summed E-state index contributed by atoms with van der Waals surface area (Å²) in [5.41, 5.74) is 3.69. The first-order chi connectivity index (χ1) is 16.2. The van der Waals surface area contributed by atoms with Gasteiger partial charge < -0.3 is 8.98 Å². The molecule has 0 N–H and O–H groups in total. The predicted octanol–water partition coefficient (Wildman–Crippen LogP) is 4.05. The smallest absolute Gasteiger partial charge is 0.332 e. The van der Waals surface area contributed by atoms with Crippen LogP contribution in [0.4, 0.5) is 6.01 Å². The summed E-state index contributed by atoms with van der Waals surface area (Å²) < 4.78 is 35.8. The van der Waals surface area contributed by atoms with Crippen LogP contribution in [-0.4, -0.2) is 39.7 Å². The highest BCUT2D eigenvalue weighted by Gasteiger charge is 2.29. The van der Waals surface area contributed by atoms with Crippen molar-refractivity contribution in [2.24, 2.45) is 13.0 Å². The minimum absolute atomic E-state index is 0.00276. The van der Waals surface area contributed by atoms with Gasteiger partial charge in [0.05, 0.1) is 16.1 Å². The van der Waals surface area contributed by atoms with E-state index in [1.54, 1.807) is 18.3 Å². The zero-order chi connectivity index (χ0) is 24.5. The maximum Gasteiger partial charge on any atom is 0.332 e. The quantitative estimate of drug-likeness (QED) is 0.354. The first kappa shape index (κ1) is 23.9. The number of pyridine rings is 1. The van der Waals surface area contributed by atoms with Crippen LogP contribution in [0.3, 0.4) is 0 Å².